The van der Waals surface area contributed by atoms with Crippen molar-refractivity contribution in [2.45, 2.75) is 96.8 Å². The number of allylic oxidation sites excluding steroid dienone is 1. The summed E-state index contributed by atoms with van der Waals surface area (Å²) >= 11 is 0. The molecule has 1 aliphatic rings. The first-order chi connectivity index (χ1) is 11.8. The van der Waals surface area contributed by atoms with Gasteiger partial charge in [-0.1, -0.05) is 58.3 Å². The van der Waals surface area contributed by atoms with Crippen molar-refractivity contribution in [2.24, 2.45) is 5.92 Å². The van der Waals surface area contributed by atoms with E-state index >= 15 is 0 Å². The van der Waals surface area contributed by atoms with Crippen molar-refractivity contribution in [1.29, 1.82) is 0 Å². The van der Waals surface area contributed by atoms with Crippen LogP contribution in [0, 0.1) is 5.92 Å². The predicted octanol–water partition coefficient (Wildman–Crippen LogP) is 6.17. The van der Waals surface area contributed by atoms with E-state index in [1.807, 2.05) is 6.26 Å². The van der Waals surface area contributed by atoms with Gasteiger partial charge in [-0.3, -0.25) is 4.79 Å². The molecule has 0 aromatic heterocycles. The molecule has 0 aromatic rings. The lowest BCUT2D eigenvalue weighted by molar-refractivity contribution is -0.140. The van der Waals surface area contributed by atoms with Gasteiger partial charge < -0.3 is 9.47 Å². The largest absolute Gasteiger partial charge is 0.501 e. The Morgan fingerprint density at radius 2 is 1.79 bits per heavy atom. The Kier molecular flexibility index (Phi) is 12.6. The fourth-order valence-corrected chi connectivity index (χ4v) is 3.42. The van der Waals surface area contributed by atoms with Crippen LogP contribution in [-0.2, 0) is 14.3 Å². The number of methoxy groups -OCH3 is 1. The Morgan fingerprint density at radius 1 is 1.08 bits per heavy atom. The van der Waals surface area contributed by atoms with Crippen molar-refractivity contribution in [2.75, 3.05) is 13.7 Å². The third kappa shape index (κ3) is 10.7. The molecule has 1 heterocycles. The standard InChI is InChI=1S/C21H38O3/c1-3-4-5-7-10-13-19-16-20(18-24-17-19)14-11-8-6-9-12-15-21(22)23-2/h18-19H,3-17H2,1-2H3. The summed E-state index contributed by atoms with van der Waals surface area (Å²) < 4.78 is 10.3. The van der Waals surface area contributed by atoms with Crippen molar-refractivity contribution in [3.05, 3.63) is 11.8 Å². The monoisotopic (exact) mass is 338 g/mol. The first-order valence-electron chi connectivity index (χ1n) is 10.1. The van der Waals surface area contributed by atoms with Gasteiger partial charge >= 0.3 is 5.97 Å². The Hall–Kier alpha value is -0.990. The van der Waals surface area contributed by atoms with Crippen LogP contribution in [0.5, 0.6) is 0 Å². The fraction of sp³-hybridized carbons (Fsp3) is 0.857. The third-order valence-corrected chi connectivity index (χ3v) is 4.96. The van der Waals surface area contributed by atoms with E-state index in [0.717, 1.165) is 25.4 Å². The molecule has 0 saturated carbocycles. The number of hydrogen-bond donors (Lipinski definition) is 0. The first-order valence-corrected chi connectivity index (χ1v) is 10.1. The van der Waals surface area contributed by atoms with Crippen molar-refractivity contribution in [1.82, 2.24) is 0 Å². The van der Waals surface area contributed by atoms with E-state index in [1.165, 1.54) is 83.3 Å². The van der Waals surface area contributed by atoms with Gasteiger partial charge in [0.25, 0.3) is 0 Å². The molecule has 3 nitrogen and oxygen atoms in total. The summed E-state index contributed by atoms with van der Waals surface area (Å²) in [7, 11) is 1.46. The summed E-state index contributed by atoms with van der Waals surface area (Å²) in [6.07, 6.45) is 19.0. The lowest BCUT2D eigenvalue weighted by Gasteiger charge is -2.23. The predicted molar refractivity (Wildman–Crippen MR) is 99.9 cm³/mol. The second-order valence-corrected chi connectivity index (χ2v) is 7.23. The van der Waals surface area contributed by atoms with Gasteiger partial charge in [-0.15, -0.1) is 0 Å². The van der Waals surface area contributed by atoms with Crippen molar-refractivity contribution in [3.63, 3.8) is 0 Å². The van der Waals surface area contributed by atoms with Crippen LogP contribution in [0.1, 0.15) is 96.8 Å². The number of unbranched alkanes of at least 4 members (excludes halogenated alkanes) is 8. The molecule has 1 rings (SSSR count). The molecule has 140 valence electrons. The Labute approximate surface area is 149 Å². The average Bonchev–Trinajstić information content (AvgIpc) is 2.61. The second kappa shape index (κ2) is 14.4. The van der Waals surface area contributed by atoms with Crippen LogP contribution >= 0.6 is 0 Å². The van der Waals surface area contributed by atoms with Gasteiger partial charge in [-0.25, -0.2) is 0 Å². The zero-order valence-corrected chi connectivity index (χ0v) is 16.0. The van der Waals surface area contributed by atoms with Crippen LogP contribution in [0.2, 0.25) is 0 Å². The molecule has 0 N–H and O–H groups in total. The summed E-state index contributed by atoms with van der Waals surface area (Å²) in [5.74, 6) is 0.659. The molecule has 1 aliphatic heterocycles. The molecule has 0 spiro atoms. The number of hydrogen-bond acceptors (Lipinski definition) is 3. The SMILES string of the molecule is CCCCCCCC1COC=C(CCCCCCCC(=O)OC)C1. The highest BCUT2D eigenvalue weighted by atomic mass is 16.5. The average molecular weight is 339 g/mol. The van der Waals surface area contributed by atoms with E-state index in [1.54, 1.807) is 0 Å². The van der Waals surface area contributed by atoms with Gasteiger partial charge in [-0.2, -0.15) is 0 Å². The normalized spacial score (nSPS) is 17.2. The lowest BCUT2D eigenvalue weighted by atomic mass is 9.91. The maximum atomic E-state index is 11.0. The maximum Gasteiger partial charge on any atom is 0.305 e. The molecule has 0 amide bonds. The Bertz CT molecular complexity index is 349. The minimum atomic E-state index is -0.0831. The summed E-state index contributed by atoms with van der Waals surface area (Å²) in [5, 5.41) is 0. The van der Waals surface area contributed by atoms with Crippen LogP contribution < -0.4 is 0 Å². The highest BCUT2D eigenvalue weighted by Crippen LogP contribution is 2.27. The van der Waals surface area contributed by atoms with Gasteiger partial charge in [0, 0.05) is 6.42 Å². The molecular formula is C21H38O3. The van der Waals surface area contributed by atoms with Gasteiger partial charge in [0.15, 0.2) is 0 Å². The van der Waals surface area contributed by atoms with Crippen LogP contribution in [0.15, 0.2) is 11.8 Å². The first kappa shape index (κ1) is 21.1. The quantitative estimate of drug-likeness (QED) is 0.280. The van der Waals surface area contributed by atoms with Crippen LogP contribution in [-0.4, -0.2) is 19.7 Å². The number of carbonyl (C=O) groups is 1. The molecule has 0 aliphatic carbocycles. The highest BCUT2D eigenvalue weighted by Gasteiger charge is 2.16. The van der Waals surface area contributed by atoms with Crippen LogP contribution in [0.25, 0.3) is 0 Å². The molecule has 0 radical (unpaired) electrons. The lowest BCUT2D eigenvalue weighted by Crippen LogP contribution is -2.14. The Morgan fingerprint density at radius 3 is 2.58 bits per heavy atom. The second-order valence-electron chi connectivity index (χ2n) is 7.23. The topological polar surface area (TPSA) is 35.5 Å². The zero-order chi connectivity index (χ0) is 17.5. The Balaban J connectivity index is 1.99. The molecular weight excluding hydrogens is 300 g/mol. The van der Waals surface area contributed by atoms with E-state index in [-0.39, 0.29) is 5.97 Å². The molecule has 0 aromatic carbocycles. The van der Waals surface area contributed by atoms with Gasteiger partial charge in [-0.05, 0) is 43.6 Å². The molecule has 0 fully saturated rings. The van der Waals surface area contributed by atoms with Crippen LogP contribution in [0.3, 0.4) is 0 Å². The van der Waals surface area contributed by atoms with Crippen molar-refractivity contribution >= 4 is 5.97 Å². The van der Waals surface area contributed by atoms with Gasteiger partial charge in [0.05, 0.1) is 20.0 Å². The fourth-order valence-electron chi connectivity index (χ4n) is 3.42. The molecule has 3 heteroatoms. The molecule has 1 atom stereocenters. The number of rotatable bonds is 14. The molecule has 24 heavy (non-hydrogen) atoms. The highest BCUT2D eigenvalue weighted by molar-refractivity contribution is 5.68. The van der Waals surface area contributed by atoms with Crippen molar-refractivity contribution in [3.8, 4) is 0 Å². The molecule has 0 bridgehead atoms. The summed E-state index contributed by atoms with van der Waals surface area (Å²) in [5.41, 5.74) is 1.51. The number of esters is 1. The van der Waals surface area contributed by atoms with Gasteiger partial charge in [0.2, 0.25) is 0 Å². The minimum absolute atomic E-state index is 0.0831. The zero-order valence-electron chi connectivity index (χ0n) is 16.0. The van der Waals surface area contributed by atoms with E-state index in [2.05, 4.69) is 11.7 Å². The summed E-state index contributed by atoms with van der Waals surface area (Å²) in [6, 6.07) is 0. The van der Waals surface area contributed by atoms with Gasteiger partial charge in [0.1, 0.15) is 0 Å². The summed E-state index contributed by atoms with van der Waals surface area (Å²) in [4.78, 5) is 11.0. The van der Waals surface area contributed by atoms with Crippen molar-refractivity contribution < 1.29 is 14.3 Å². The number of carbonyl (C=O) groups excluding carboxylic acids is 1. The number of ether oxygens (including phenoxy) is 2. The smallest absolute Gasteiger partial charge is 0.305 e. The van der Waals surface area contributed by atoms with E-state index in [4.69, 9.17) is 4.74 Å². The van der Waals surface area contributed by atoms with E-state index < -0.39 is 0 Å². The van der Waals surface area contributed by atoms with Crippen LogP contribution in [0.4, 0.5) is 0 Å². The molecule has 0 saturated heterocycles. The van der Waals surface area contributed by atoms with E-state index in [9.17, 15) is 4.79 Å². The minimum Gasteiger partial charge on any atom is -0.501 e. The summed E-state index contributed by atoms with van der Waals surface area (Å²) in [6.45, 7) is 3.19. The molecule has 1 unspecified atom stereocenters. The van der Waals surface area contributed by atoms with E-state index in [0.29, 0.717) is 6.42 Å². The third-order valence-electron chi connectivity index (χ3n) is 4.96. The maximum absolute atomic E-state index is 11.0.